The van der Waals surface area contributed by atoms with E-state index in [1.807, 2.05) is 6.92 Å². The summed E-state index contributed by atoms with van der Waals surface area (Å²) in [5.41, 5.74) is 2.45. The van der Waals surface area contributed by atoms with E-state index < -0.39 is 11.5 Å². The quantitative estimate of drug-likeness (QED) is 0.369. The van der Waals surface area contributed by atoms with Crippen LogP contribution in [0.25, 0.3) is 0 Å². The van der Waals surface area contributed by atoms with Crippen LogP contribution in [0.5, 0.6) is 0 Å². The Labute approximate surface area is 212 Å². The van der Waals surface area contributed by atoms with Gasteiger partial charge in [-0.15, -0.1) is 0 Å². The highest BCUT2D eigenvalue weighted by Crippen LogP contribution is 2.75. The summed E-state index contributed by atoms with van der Waals surface area (Å²) in [4.78, 5) is 13.1. The van der Waals surface area contributed by atoms with Crippen LogP contribution in [0, 0.1) is 50.7 Å². The molecule has 0 saturated heterocycles. The smallest absolute Gasteiger partial charge is 0.314 e. The van der Waals surface area contributed by atoms with Gasteiger partial charge in [-0.05, 0) is 105 Å². The molecule has 35 heavy (non-hydrogen) atoms. The van der Waals surface area contributed by atoms with Crippen LogP contribution in [0.15, 0.2) is 23.3 Å². The second kappa shape index (κ2) is 7.93. The van der Waals surface area contributed by atoms with E-state index >= 15 is 0 Å². The van der Waals surface area contributed by atoms with Crippen molar-refractivity contribution >= 4 is 5.97 Å². The fourth-order valence-electron chi connectivity index (χ4n) is 10.7. The van der Waals surface area contributed by atoms with Crippen LogP contribution in [0.4, 0.5) is 0 Å². The predicted octanol–water partition coefficient (Wildman–Crippen LogP) is 6.07. The lowest BCUT2D eigenvalue weighted by Crippen LogP contribution is -2.66. The normalized spacial score (nSPS) is 53.2. The number of aliphatic hydroxyl groups is 2. The van der Waals surface area contributed by atoms with E-state index in [0.29, 0.717) is 24.2 Å². The van der Waals surface area contributed by atoms with E-state index in [4.69, 9.17) is 4.74 Å². The third-order valence-electron chi connectivity index (χ3n) is 13.3. The van der Waals surface area contributed by atoms with Gasteiger partial charge in [-0.25, -0.2) is 0 Å². The fraction of sp³-hybridized carbons (Fsp3) is 0.839. The minimum absolute atomic E-state index is 0.0142. The zero-order chi connectivity index (χ0) is 25.6. The van der Waals surface area contributed by atoms with E-state index in [2.05, 4.69) is 46.8 Å². The molecule has 0 amide bonds. The highest BCUT2D eigenvalue weighted by molar-refractivity contribution is 5.78. The molecule has 196 valence electrons. The van der Waals surface area contributed by atoms with Crippen LogP contribution < -0.4 is 0 Å². The van der Waals surface area contributed by atoms with Crippen LogP contribution in [0.2, 0.25) is 0 Å². The number of esters is 1. The number of methoxy groups -OCH3 is 1. The van der Waals surface area contributed by atoms with Crippen molar-refractivity contribution in [2.45, 2.75) is 99.0 Å². The molecular formula is C31H48O4. The number of hydrogen-bond donors (Lipinski definition) is 2. The van der Waals surface area contributed by atoms with Crippen LogP contribution in [-0.4, -0.2) is 36.0 Å². The first-order valence-electron chi connectivity index (χ1n) is 14.1. The van der Waals surface area contributed by atoms with Gasteiger partial charge in [0.25, 0.3) is 0 Å². The number of rotatable bonds is 2. The van der Waals surface area contributed by atoms with Crippen LogP contribution >= 0.6 is 0 Å². The molecule has 0 aromatic heterocycles. The Bertz CT molecular complexity index is 967. The van der Waals surface area contributed by atoms with Gasteiger partial charge in [0.15, 0.2) is 0 Å². The lowest BCUT2D eigenvalue weighted by atomic mass is 9.33. The number of hydrogen-bond acceptors (Lipinski definition) is 4. The number of allylic oxidation sites excluding steroid dienone is 4. The monoisotopic (exact) mass is 484 g/mol. The van der Waals surface area contributed by atoms with Crippen molar-refractivity contribution in [3.63, 3.8) is 0 Å². The van der Waals surface area contributed by atoms with Crippen LogP contribution in [-0.2, 0) is 9.53 Å². The van der Waals surface area contributed by atoms with Crippen molar-refractivity contribution in [2.75, 3.05) is 13.7 Å². The average molecular weight is 485 g/mol. The van der Waals surface area contributed by atoms with Gasteiger partial charge in [-0.1, -0.05) is 51.0 Å². The van der Waals surface area contributed by atoms with Crippen molar-refractivity contribution in [3.8, 4) is 0 Å². The number of ether oxygens (including phenoxy) is 1. The zero-order valence-electron chi connectivity index (χ0n) is 23.1. The van der Waals surface area contributed by atoms with Crippen molar-refractivity contribution in [1.29, 1.82) is 0 Å². The Hall–Kier alpha value is -1.13. The summed E-state index contributed by atoms with van der Waals surface area (Å²) in [6.45, 7) is 14.4. The summed E-state index contributed by atoms with van der Waals surface area (Å²) in [6, 6.07) is 0. The van der Waals surface area contributed by atoms with Gasteiger partial charge < -0.3 is 14.9 Å². The molecule has 0 heterocycles. The summed E-state index contributed by atoms with van der Waals surface area (Å²) >= 11 is 0. The number of carbonyl (C=O) groups is 1. The summed E-state index contributed by atoms with van der Waals surface area (Å²) < 4.78 is 5.29. The second-order valence-electron chi connectivity index (χ2n) is 14.1. The highest BCUT2D eigenvalue weighted by atomic mass is 16.5. The highest BCUT2D eigenvalue weighted by Gasteiger charge is 2.70. The van der Waals surface area contributed by atoms with Crippen LogP contribution in [0.3, 0.4) is 0 Å². The molecule has 0 radical (unpaired) electrons. The van der Waals surface area contributed by atoms with Crippen LogP contribution in [0.1, 0.15) is 92.9 Å². The second-order valence-corrected chi connectivity index (χ2v) is 14.1. The Morgan fingerprint density at radius 2 is 1.77 bits per heavy atom. The van der Waals surface area contributed by atoms with Gasteiger partial charge in [0, 0.05) is 12.0 Å². The Morgan fingerprint density at radius 3 is 2.43 bits per heavy atom. The van der Waals surface area contributed by atoms with Gasteiger partial charge in [0.2, 0.25) is 0 Å². The van der Waals surface area contributed by atoms with Crippen molar-refractivity contribution < 1.29 is 19.7 Å². The number of carbonyl (C=O) groups excluding carboxylic acids is 1. The molecule has 5 aliphatic carbocycles. The van der Waals surface area contributed by atoms with Gasteiger partial charge in [0.1, 0.15) is 0 Å². The molecule has 10 atom stereocenters. The third kappa shape index (κ3) is 2.96. The molecule has 4 heteroatoms. The topological polar surface area (TPSA) is 66.8 Å². The van der Waals surface area contributed by atoms with Crippen molar-refractivity contribution in [2.24, 2.45) is 50.7 Å². The maximum Gasteiger partial charge on any atom is 0.314 e. The van der Waals surface area contributed by atoms with E-state index in [1.54, 1.807) is 5.57 Å². The minimum atomic E-state index is -0.841. The minimum Gasteiger partial charge on any atom is -0.469 e. The lowest BCUT2D eigenvalue weighted by molar-refractivity contribution is -0.218. The molecule has 3 fully saturated rings. The lowest BCUT2D eigenvalue weighted by Gasteiger charge is -2.71. The first-order chi connectivity index (χ1) is 16.4. The molecule has 5 aliphatic rings. The zero-order valence-corrected chi connectivity index (χ0v) is 23.1. The van der Waals surface area contributed by atoms with Gasteiger partial charge in [-0.3, -0.25) is 4.79 Å². The van der Waals surface area contributed by atoms with E-state index in [9.17, 15) is 15.0 Å². The molecule has 3 saturated carbocycles. The molecule has 4 nitrogen and oxygen atoms in total. The molecular weight excluding hydrogens is 436 g/mol. The standard InChI is InChI=1S/C31H48O4/c1-19-10-15-31(18-32)17-16-28(4)21(25(31)20(19)2)8-9-22-27(3)13-12-24(33)30(6,26(34)35-7)23(27)11-14-29(22,28)5/h8,10,20,22-25,32-33H,9,11-18H2,1-7H3/t20-,22-,23?,24+,25?,27-,28-,29-,30+,31-/m1/s1. The molecule has 0 bridgehead atoms. The molecule has 2 N–H and O–H groups in total. The molecule has 0 aliphatic heterocycles. The van der Waals surface area contributed by atoms with E-state index in [1.165, 1.54) is 12.7 Å². The molecule has 0 aromatic rings. The first-order valence-corrected chi connectivity index (χ1v) is 14.1. The van der Waals surface area contributed by atoms with Gasteiger partial charge >= 0.3 is 5.97 Å². The third-order valence-corrected chi connectivity index (χ3v) is 13.3. The van der Waals surface area contributed by atoms with Gasteiger partial charge in [0.05, 0.1) is 18.6 Å². The Kier molecular flexibility index (Phi) is 5.78. The summed E-state index contributed by atoms with van der Waals surface area (Å²) in [5, 5.41) is 21.8. The Balaban J connectivity index is 1.60. The molecule has 0 spiro atoms. The maximum atomic E-state index is 13.1. The summed E-state index contributed by atoms with van der Waals surface area (Å²) in [5.74, 6) is 1.22. The number of fused-ring (bicyclic) bond motifs is 7. The Morgan fingerprint density at radius 1 is 1.06 bits per heavy atom. The molecule has 5 rings (SSSR count). The van der Waals surface area contributed by atoms with Crippen molar-refractivity contribution in [1.82, 2.24) is 0 Å². The number of aliphatic hydroxyl groups excluding tert-OH is 2. The van der Waals surface area contributed by atoms with E-state index in [-0.39, 0.29) is 40.2 Å². The van der Waals surface area contributed by atoms with Gasteiger partial charge in [-0.2, -0.15) is 0 Å². The maximum absolute atomic E-state index is 13.1. The average Bonchev–Trinajstić information content (AvgIpc) is 2.84. The fourth-order valence-corrected chi connectivity index (χ4v) is 10.7. The first kappa shape index (κ1) is 25.5. The summed E-state index contributed by atoms with van der Waals surface area (Å²) in [6.07, 6.45) is 12.2. The largest absolute Gasteiger partial charge is 0.469 e. The SMILES string of the molecule is COC(=O)[C@@]1(C)C2CC[C@]3(C)[C@H](CC=C4C5[C@H](C)C(C)=CC[C@]5(CO)CC[C@]43C)[C@@]2(C)CC[C@@H]1O. The predicted molar refractivity (Wildman–Crippen MR) is 138 cm³/mol. The molecule has 0 aromatic carbocycles. The molecule has 2 unspecified atom stereocenters. The summed E-state index contributed by atoms with van der Waals surface area (Å²) in [7, 11) is 1.47. The van der Waals surface area contributed by atoms with E-state index in [0.717, 1.165) is 44.9 Å². The van der Waals surface area contributed by atoms with Crippen molar-refractivity contribution in [3.05, 3.63) is 23.3 Å².